The highest BCUT2D eigenvalue weighted by atomic mass is 79.9. The summed E-state index contributed by atoms with van der Waals surface area (Å²) in [7, 11) is 1.85. The zero-order chi connectivity index (χ0) is 10.3. The summed E-state index contributed by atoms with van der Waals surface area (Å²) in [6, 6.07) is 6.15. The van der Waals surface area contributed by atoms with Crippen molar-refractivity contribution in [2.24, 2.45) is 0 Å². The molecule has 0 bridgehead atoms. The van der Waals surface area contributed by atoms with Crippen molar-refractivity contribution in [2.75, 3.05) is 7.05 Å². The summed E-state index contributed by atoms with van der Waals surface area (Å²) in [5.74, 6) is 0.192. The number of rotatable bonds is 0. The molecule has 1 heterocycles. The Balaban J connectivity index is 2.51. The minimum Gasteiger partial charge on any atom is -0.341 e. The Labute approximate surface area is 92.0 Å². The molecule has 0 spiro atoms. The molecule has 1 aromatic carbocycles. The van der Waals surface area contributed by atoms with Gasteiger partial charge < -0.3 is 4.90 Å². The molecule has 1 atom stereocenters. The number of carbonyl (C=O) groups is 1. The summed E-state index contributed by atoms with van der Waals surface area (Å²) in [5.41, 5.74) is 2.41. The quantitative estimate of drug-likeness (QED) is 0.696. The third-order valence-electron chi connectivity index (χ3n) is 2.73. The molecule has 1 aliphatic rings. The van der Waals surface area contributed by atoms with Gasteiger partial charge in [0.05, 0.1) is 5.92 Å². The Morgan fingerprint density at radius 1 is 1.50 bits per heavy atom. The number of carbonyl (C=O) groups excluding carboxylic acids is 1. The average Bonchev–Trinajstić information content (AvgIpc) is 2.16. The summed E-state index contributed by atoms with van der Waals surface area (Å²) in [5, 5.41) is 0. The summed E-state index contributed by atoms with van der Waals surface area (Å²) < 4.78 is 1.04. The molecule has 2 nitrogen and oxygen atoms in total. The maximum absolute atomic E-state index is 11.7. The first-order valence-corrected chi connectivity index (χ1v) is 5.42. The van der Waals surface area contributed by atoms with Gasteiger partial charge >= 0.3 is 0 Å². The van der Waals surface area contributed by atoms with Crippen molar-refractivity contribution in [2.45, 2.75) is 19.4 Å². The molecule has 2 rings (SSSR count). The Bertz CT molecular complexity index is 389. The third kappa shape index (κ3) is 1.46. The van der Waals surface area contributed by atoms with Gasteiger partial charge in [-0.05, 0) is 30.2 Å². The first kappa shape index (κ1) is 9.71. The van der Waals surface area contributed by atoms with Gasteiger partial charge in [-0.25, -0.2) is 0 Å². The van der Waals surface area contributed by atoms with Crippen LogP contribution in [0.25, 0.3) is 0 Å². The minimum absolute atomic E-state index is 0.0127. The Kier molecular flexibility index (Phi) is 2.35. The van der Waals surface area contributed by atoms with E-state index < -0.39 is 0 Å². The monoisotopic (exact) mass is 253 g/mol. The van der Waals surface area contributed by atoms with Crippen LogP contribution in [0.1, 0.15) is 24.0 Å². The lowest BCUT2D eigenvalue weighted by atomic mass is 9.91. The van der Waals surface area contributed by atoms with E-state index in [1.807, 2.05) is 26.1 Å². The maximum Gasteiger partial charge on any atom is 0.229 e. The van der Waals surface area contributed by atoms with Gasteiger partial charge in [0, 0.05) is 18.1 Å². The number of amides is 1. The van der Waals surface area contributed by atoms with Gasteiger partial charge in [-0.1, -0.05) is 22.0 Å². The number of likely N-dealkylation sites (N-methyl/N-ethyl adjacent to an activating group) is 1. The smallest absolute Gasteiger partial charge is 0.229 e. The zero-order valence-electron chi connectivity index (χ0n) is 8.25. The first-order valence-electron chi connectivity index (χ1n) is 4.63. The van der Waals surface area contributed by atoms with Gasteiger partial charge in [0.25, 0.3) is 0 Å². The molecule has 1 aliphatic heterocycles. The minimum atomic E-state index is -0.0127. The van der Waals surface area contributed by atoms with Crippen LogP contribution < -0.4 is 0 Å². The van der Waals surface area contributed by atoms with Crippen LogP contribution in [0.2, 0.25) is 0 Å². The highest BCUT2D eigenvalue weighted by Crippen LogP contribution is 2.30. The van der Waals surface area contributed by atoms with E-state index in [-0.39, 0.29) is 11.8 Å². The SMILES string of the molecule is CC1C(=O)N(C)Cc2ccc(Br)cc21. The van der Waals surface area contributed by atoms with E-state index in [4.69, 9.17) is 0 Å². The van der Waals surface area contributed by atoms with Crippen LogP contribution in [0, 0.1) is 0 Å². The van der Waals surface area contributed by atoms with E-state index in [0.717, 1.165) is 16.6 Å². The van der Waals surface area contributed by atoms with Crippen LogP contribution in [0.15, 0.2) is 22.7 Å². The van der Waals surface area contributed by atoms with Crippen molar-refractivity contribution in [1.82, 2.24) is 4.90 Å². The second-order valence-corrected chi connectivity index (χ2v) is 4.67. The third-order valence-corrected chi connectivity index (χ3v) is 3.22. The van der Waals surface area contributed by atoms with Crippen molar-refractivity contribution >= 4 is 21.8 Å². The van der Waals surface area contributed by atoms with Crippen LogP contribution >= 0.6 is 15.9 Å². The molecular weight excluding hydrogens is 242 g/mol. The fourth-order valence-electron chi connectivity index (χ4n) is 1.91. The van der Waals surface area contributed by atoms with Gasteiger partial charge in [-0.2, -0.15) is 0 Å². The molecule has 0 fully saturated rings. The number of halogens is 1. The fraction of sp³-hybridized carbons (Fsp3) is 0.364. The second kappa shape index (κ2) is 3.39. The molecule has 0 aromatic heterocycles. The van der Waals surface area contributed by atoms with Gasteiger partial charge in [-0.15, -0.1) is 0 Å². The summed E-state index contributed by atoms with van der Waals surface area (Å²) in [6.07, 6.45) is 0. The summed E-state index contributed by atoms with van der Waals surface area (Å²) in [4.78, 5) is 13.5. The highest BCUT2D eigenvalue weighted by Gasteiger charge is 2.27. The summed E-state index contributed by atoms with van der Waals surface area (Å²) >= 11 is 3.43. The standard InChI is InChI=1S/C11H12BrNO/c1-7-10-5-9(12)4-3-8(10)6-13(2)11(7)14/h3-5,7H,6H2,1-2H3. The van der Waals surface area contributed by atoms with E-state index in [9.17, 15) is 4.79 Å². The Hall–Kier alpha value is -0.830. The van der Waals surface area contributed by atoms with E-state index in [0.29, 0.717) is 0 Å². The lowest BCUT2D eigenvalue weighted by Crippen LogP contribution is -2.35. The molecule has 1 aromatic rings. The van der Waals surface area contributed by atoms with Crippen molar-refractivity contribution in [3.05, 3.63) is 33.8 Å². The Morgan fingerprint density at radius 3 is 2.93 bits per heavy atom. The van der Waals surface area contributed by atoms with Gasteiger partial charge in [0.15, 0.2) is 0 Å². The molecule has 0 saturated heterocycles. The Morgan fingerprint density at radius 2 is 2.21 bits per heavy atom. The molecule has 14 heavy (non-hydrogen) atoms. The normalized spacial score (nSPS) is 20.9. The maximum atomic E-state index is 11.7. The highest BCUT2D eigenvalue weighted by molar-refractivity contribution is 9.10. The molecule has 74 valence electrons. The second-order valence-electron chi connectivity index (χ2n) is 3.76. The lowest BCUT2D eigenvalue weighted by molar-refractivity contribution is -0.132. The topological polar surface area (TPSA) is 20.3 Å². The molecule has 1 unspecified atom stereocenters. The van der Waals surface area contributed by atoms with Crippen molar-refractivity contribution in [1.29, 1.82) is 0 Å². The van der Waals surface area contributed by atoms with Crippen LogP contribution in [-0.4, -0.2) is 17.9 Å². The molecular formula is C11H12BrNO. The van der Waals surface area contributed by atoms with E-state index in [2.05, 4.69) is 22.0 Å². The largest absolute Gasteiger partial charge is 0.341 e. The van der Waals surface area contributed by atoms with Crippen molar-refractivity contribution < 1.29 is 4.79 Å². The number of benzene rings is 1. The molecule has 1 amide bonds. The van der Waals surface area contributed by atoms with Gasteiger partial charge in [0.2, 0.25) is 5.91 Å². The number of nitrogens with zero attached hydrogens (tertiary/aromatic N) is 1. The fourth-order valence-corrected chi connectivity index (χ4v) is 2.29. The zero-order valence-corrected chi connectivity index (χ0v) is 9.84. The number of fused-ring (bicyclic) bond motifs is 1. The van der Waals surface area contributed by atoms with Crippen molar-refractivity contribution in [3.8, 4) is 0 Å². The predicted octanol–water partition coefficient (Wildman–Crippen LogP) is 2.52. The van der Waals surface area contributed by atoms with E-state index in [1.165, 1.54) is 5.56 Å². The van der Waals surface area contributed by atoms with Crippen LogP contribution in [0.5, 0.6) is 0 Å². The van der Waals surface area contributed by atoms with Gasteiger partial charge in [0.1, 0.15) is 0 Å². The number of hydrogen-bond donors (Lipinski definition) is 0. The summed E-state index contributed by atoms with van der Waals surface area (Å²) in [6.45, 7) is 2.69. The molecule has 0 N–H and O–H groups in total. The van der Waals surface area contributed by atoms with Crippen LogP contribution in [-0.2, 0) is 11.3 Å². The molecule has 0 aliphatic carbocycles. The molecule has 3 heteroatoms. The lowest BCUT2D eigenvalue weighted by Gasteiger charge is -2.29. The van der Waals surface area contributed by atoms with Gasteiger partial charge in [-0.3, -0.25) is 4.79 Å². The predicted molar refractivity (Wildman–Crippen MR) is 59.0 cm³/mol. The molecule has 0 saturated carbocycles. The van der Waals surface area contributed by atoms with Crippen LogP contribution in [0.4, 0.5) is 0 Å². The number of hydrogen-bond acceptors (Lipinski definition) is 1. The molecule has 0 radical (unpaired) electrons. The van der Waals surface area contributed by atoms with Crippen LogP contribution in [0.3, 0.4) is 0 Å². The average molecular weight is 254 g/mol. The van der Waals surface area contributed by atoms with E-state index >= 15 is 0 Å². The van der Waals surface area contributed by atoms with Crippen molar-refractivity contribution in [3.63, 3.8) is 0 Å². The van der Waals surface area contributed by atoms with E-state index in [1.54, 1.807) is 4.90 Å². The first-order chi connectivity index (χ1) is 6.59.